The number of fused-ring (bicyclic) bond motifs is 5. The predicted molar refractivity (Wildman–Crippen MR) is 126 cm³/mol. The van der Waals surface area contributed by atoms with Crippen LogP contribution in [0, 0.1) is 5.82 Å². The van der Waals surface area contributed by atoms with Crippen LogP contribution < -0.4 is 11.1 Å². The first kappa shape index (κ1) is 20.8. The highest BCUT2D eigenvalue weighted by Gasteiger charge is 2.57. The van der Waals surface area contributed by atoms with Crippen molar-refractivity contribution in [2.45, 2.75) is 56.8 Å². The molecule has 2 aromatic heterocycles. The van der Waals surface area contributed by atoms with E-state index in [0.29, 0.717) is 42.5 Å². The number of nitrogens with one attached hydrogen (secondary N) is 1. The maximum absolute atomic E-state index is 15.1. The van der Waals surface area contributed by atoms with Crippen LogP contribution in [0.25, 0.3) is 10.9 Å². The summed E-state index contributed by atoms with van der Waals surface area (Å²) in [7, 11) is 0. The number of nitrogens with two attached hydrogens (primary N) is 1. The van der Waals surface area contributed by atoms with Gasteiger partial charge in [0.15, 0.2) is 0 Å². The summed E-state index contributed by atoms with van der Waals surface area (Å²) < 4.78 is 20.6. The molecule has 5 heterocycles. The molecule has 3 aliphatic heterocycles. The van der Waals surface area contributed by atoms with Crippen LogP contribution in [0.15, 0.2) is 24.4 Å². The van der Waals surface area contributed by atoms with Crippen molar-refractivity contribution in [1.82, 2.24) is 14.9 Å². The lowest BCUT2D eigenvalue weighted by Crippen LogP contribution is -2.39. The molecule has 9 heteroatoms. The third-order valence-electron chi connectivity index (χ3n) is 8.03. The molecule has 0 radical (unpaired) electrons. The summed E-state index contributed by atoms with van der Waals surface area (Å²) in [6.45, 7) is 1.39. The number of nitrogen functional groups attached to an aromatic ring is 1. The summed E-state index contributed by atoms with van der Waals surface area (Å²) in [5, 5.41) is 3.54. The number of hydrogen-bond donors (Lipinski definition) is 2. The third kappa shape index (κ3) is 2.94. The summed E-state index contributed by atoms with van der Waals surface area (Å²) in [6, 6.07) is 4.90. The van der Waals surface area contributed by atoms with Gasteiger partial charge in [-0.3, -0.25) is 9.59 Å². The van der Waals surface area contributed by atoms with Gasteiger partial charge < -0.3 is 20.7 Å². The van der Waals surface area contributed by atoms with Gasteiger partial charge in [-0.1, -0.05) is 6.07 Å². The Labute approximate surface area is 200 Å². The zero-order valence-electron chi connectivity index (χ0n) is 19.1. The molecule has 35 heavy (non-hydrogen) atoms. The molecule has 7 rings (SSSR count). The highest BCUT2D eigenvalue weighted by atomic mass is 19.1. The van der Waals surface area contributed by atoms with Gasteiger partial charge in [-0.25, -0.2) is 14.4 Å². The van der Waals surface area contributed by atoms with Crippen LogP contribution in [0.3, 0.4) is 0 Å². The second-order valence-corrected chi connectivity index (χ2v) is 10.0. The molecule has 1 atom stereocenters. The van der Waals surface area contributed by atoms with E-state index in [1.807, 2.05) is 6.07 Å². The molecule has 0 bridgehead atoms. The van der Waals surface area contributed by atoms with Crippen molar-refractivity contribution in [2.75, 3.05) is 17.6 Å². The first-order valence-electron chi connectivity index (χ1n) is 12.1. The predicted octanol–water partition coefficient (Wildman–Crippen LogP) is 3.73. The van der Waals surface area contributed by atoms with E-state index >= 15 is 4.39 Å². The van der Waals surface area contributed by atoms with E-state index in [2.05, 4.69) is 15.3 Å². The van der Waals surface area contributed by atoms with Gasteiger partial charge in [0.05, 0.1) is 42.1 Å². The van der Waals surface area contributed by atoms with Gasteiger partial charge in [-0.05, 0) is 60.9 Å². The SMILES string of the molecule is Nc1nc2cnc(C(=O)N3CCCCC3c3cc(F)c4c(c3)C3(CC3)C(=O)N4)cc2c2c1COC2. The standard InChI is InChI=1S/C26H24FN5O3/c27-18-8-13(7-17-22(18)31-25(34)26(17)4-5-26)21-3-1-2-6-32(21)24(33)19-9-14-15-11-35-12-16(15)23(28)30-20(14)10-29-19/h7-10,21H,1-6,11-12H2,(H2,28,30)(H,31,34). The number of likely N-dealkylation sites (tertiary alicyclic amines) is 1. The largest absolute Gasteiger partial charge is 0.383 e. The average Bonchev–Trinajstić information content (AvgIpc) is 3.43. The lowest BCUT2D eigenvalue weighted by molar-refractivity contribution is -0.117. The molecular weight excluding hydrogens is 449 g/mol. The Morgan fingerprint density at radius 1 is 1.20 bits per heavy atom. The van der Waals surface area contributed by atoms with E-state index in [1.54, 1.807) is 17.2 Å². The maximum atomic E-state index is 15.1. The third-order valence-corrected chi connectivity index (χ3v) is 8.03. The van der Waals surface area contributed by atoms with Gasteiger partial charge in [-0.15, -0.1) is 0 Å². The van der Waals surface area contributed by atoms with E-state index in [-0.39, 0.29) is 17.9 Å². The van der Waals surface area contributed by atoms with Crippen molar-refractivity contribution >= 4 is 34.2 Å². The summed E-state index contributed by atoms with van der Waals surface area (Å²) in [5.41, 5.74) is 10.0. The molecule has 2 fully saturated rings. The van der Waals surface area contributed by atoms with Crippen LogP contribution in [-0.2, 0) is 28.2 Å². The minimum atomic E-state index is -0.590. The zero-order chi connectivity index (χ0) is 23.9. The van der Waals surface area contributed by atoms with Gasteiger partial charge in [-0.2, -0.15) is 0 Å². The fraction of sp³-hybridized carbons (Fsp3) is 0.385. The molecule has 1 saturated carbocycles. The second kappa shape index (κ2) is 7.21. The Balaban J connectivity index is 1.27. The average molecular weight is 474 g/mol. The van der Waals surface area contributed by atoms with Gasteiger partial charge in [0.25, 0.3) is 5.91 Å². The highest BCUT2D eigenvalue weighted by Crippen LogP contribution is 2.56. The van der Waals surface area contributed by atoms with Crippen molar-refractivity contribution in [3.05, 3.63) is 58.2 Å². The number of amides is 2. The monoisotopic (exact) mass is 473 g/mol. The van der Waals surface area contributed by atoms with Crippen molar-refractivity contribution in [3.63, 3.8) is 0 Å². The van der Waals surface area contributed by atoms with Crippen molar-refractivity contribution < 1.29 is 18.7 Å². The number of carbonyl (C=O) groups is 2. The van der Waals surface area contributed by atoms with E-state index in [4.69, 9.17) is 10.5 Å². The first-order chi connectivity index (χ1) is 17.0. The summed E-state index contributed by atoms with van der Waals surface area (Å²) >= 11 is 0. The Kier molecular flexibility index (Phi) is 4.27. The molecular formula is C26H24FN5O3. The molecule has 1 aliphatic carbocycles. The molecule has 1 saturated heterocycles. The molecule has 178 valence electrons. The van der Waals surface area contributed by atoms with E-state index in [9.17, 15) is 9.59 Å². The number of carbonyl (C=O) groups excluding carboxylic acids is 2. The molecule has 2 amide bonds. The second-order valence-electron chi connectivity index (χ2n) is 10.0. The fourth-order valence-corrected chi connectivity index (χ4v) is 5.96. The first-order valence-corrected chi connectivity index (χ1v) is 12.1. The number of pyridine rings is 2. The summed E-state index contributed by atoms with van der Waals surface area (Å²) in [5.74, 6) is -0.318. The topological polar surface area (TPSA) is 110 Å². The van der Waals surface area contributed by atoms with Gasteiger partial charge in [0.1, 0.15) is 17.3 Å². The number of hydrogen-bond acceptors (Lipinski definition) is 6. The smallest absolute Gasteiger partial charge is 0.272 e. The van der Waals surface area contributed by atoms with Crippen molar-refractivity contribution in [3.8, 4) is 0 Å². The molecule has 1 aromatic carbocycles. The number of ether oxygens (including phenoxy) is 1. The fourth-order valence-electron chi connectivity index (χ4n) is 5.96. The quantitative estimate of drug-likeness (QED) is 0.587. The van der Waals surface area contributed by atoms with E-state index < -0.39 is 11.2 Å². The summed E-state index contributed by atoms with van der Waals surface area (Å²) in [4.78, 5) is 36.8. The molecule has 1 unspecified atom stereocenters. The minimum absolute atomic E-state index is 0.119. The Morgan fingerprint density at radius 2 is 2.03 bits per heavy atom. The number of rotatable bonds is 2. The minimum Gasteiger partial charge on any atom is -0.383 e. The lowest BCUT2D eigenvalue weighted by Gasteiger charge is -2.36. The number of benzene rings is 1. The molecule has 4 aliphatic rings. The molecule has 8 nitrogen and oxygen atoms in total. The van der Waals surface area contributed by atoms with Crippen LogP contribution in [0.1, 0.15) is 70.9 Å². The number of halogens is 1. The number of piperidine rings is 1. The zero-order valence-corrected chi connectivity index (χ0v) is 19.1. The Bertz CT molecular complexity index is 1450. The Hall–Kier alpha value is -3.59. The van der Waals surface area contributed by atoms with Crippen LogP contribution in [0.4, 0.5) is 15.9 Å². The lowest BCUT2D eigenvalue weighted by atomic mass is 9.89. The van der Waals surface area contributed by atoms with Crippen molar-refractivity contribution in [2.24, 2.45) is 0 Å². The van der Waals surface area contributed by atoms with Crippen LogP contribution in [-0.4, -0.2) is 33.2 Å². The number of anilines is 2. The van der Waals surface area contributed by atoms with Crippen LogP contribution in [0.2, 0.25) is 0 Å². The molecule has 3 aromatic rings. The normalized spacial score (nSPS) is 21.8. The molecule has 3 N–H and O–H groups in total. The molecule has 1 spiro atoms. The van der Waals surface area contributed by atoms with Gasteiger partial charge >= 0.3 is 0 Å². The van der Waals surface area contributed by atoms with E-state index in [1.165, 1.54) is 6.07 Å². The van der Waals surface area contributed by atoms with Gasteiger partial charge in [0, 0.05) is 17.5 Å². The van der Waals surface area contributed by atoms with Gasteiger partial charge in [0.2, 0.25) is 5.91 Å². The van der Waals surface area contributed by atoms with Crippen LogP contribution in [0.5, 0.6) is 0 Å². The van der Waals surface area contributed by atoms with Crippen molar-refractivity contribution in [1.29, 1.82) is 0 Å². The number of aromatic nitrogens is 2. The number of nitrogens with zero attached hydrogens (tertiary/aromatic N) is 3. The Morgan fingerprint density at radius 3 is 2.86 bits per heavy atom. The van der Waals surface area contributed by atoms with E-state index in [0.717, 1.165) is 59.7 Å². The van der Waals surface area contributed by atoms with Crippen LogP contribution >= 0.6 is 0 Å². The maximum Gasteiger partial charge on any atom is 0.272 e. The highest BCUT2D eigenvalue weighted by molar-refractivity contribution is 6.08. The summed E-state index contributed by atoms with van der Waals surface area (Å²) in [6.07, 6.45) is 5.58.